The minimum Gasteiger partial charge on any atom is -0.497 e. The molecule has 0 saturated carbocycles. The van der Waals surface area contributed by atoms with Crippen LogP contribution in [0.3, 0.4) is 0 Å². The quantitative estimate of drug-likeness (QED) is 0.109. The van der Waals surface area contributed by atoms with Crippen molar-refractivity contribution in [3.8, 4) is 23.0 Å². The van der Waals surface area contributed by atoms with Crippen LogP contribution in [-0.4, -0.2) is 75.4 Å². The molecule has 7 aromatic rings. The smallest absolute Gasteiger partial charge is 0.259 e. The molecule has 0 bridgehead atoms. The van der Waals surface area contributed by atoms with Gasteiger partial charge < -0.3 is 43.5 Å². The summed E-state index contributed by atoms with van der Waals surface area (Å²) in [6, 6.07) is 34.0. The van der Waals surface area contributed by atoms with Crippen LogP contribution in [0, 0.1) is 6.92 Å². The van der Waals surface area contributed by atoms with Crippen LogP contribution in [-0.2, 0) is 20.8 Å². The third-order valence-corrected chi connectivity index (χ3v) is 11.7. The molecule has 13 nitrogen and oxygen atoms in total. The van der Waals surface area contributed by atoms with Gasteiger partial charge in [-0.2, -0.15) is 0 Å². The first-order chi connectivity index (χ1) is 30.7. The van der Waals surface area contributed by atoms with Gasteiger partial charge in [-0.1, -0.05) is 48.5 Å². The van der Waals surface area contributed by atoms with Crippen LogP contribution in [0.1, 0.15) is 48.7 Å². The number of rotatable bonds is 14. The maximum Gasteiger partial charge on any atom is 0.259 e. The number of nitrogens with zero attached hydrogens (tertiary/aromatic N) is 2. The molecule has 1 aliphatic rings. The first kappa shape index (κ1) is 44.1. The standard InChI is InChI=1S/C25H26N2O4S.C24H22N2O5/c1-16-7-4-10-19-21(16)22(24(28)26-17-8-5-9-18(15-17)31-3)23(20-11-6-14-32-20)27(25(19)29)12-13-30-2;1-29-14-12-26-22(20-11-6-13-31-20)21(18-9-3-4-10-19(18)24(26)28)23(27)25-16-7-5-8-17(15-16)30-2/h4-11,14-15,22-23H,12-13H2,1-3H3,(H,26,28);3-11,13,15H,12,14H2,1-2H3,(H,25,27). The van der Waals surface area contributed by atoms with Crippen LogP contribution in [0.2, 0.25) is 0 Å². The van der Waals surface area contributed by atoms with E-state index in [4.69, 9.17) is 23.4 Å². The second kappa shape index (κ2) is 20.2. The summed E-state index contributed by atoms with van der Waals surface area (Å²) in [7, 11) is 6.33. The highest BCUT2D eigenvalue weighted by Gasteiger charge is 2.45. The summed E-state index contributed by atoms with van der Waals surface area (Å²) in [5.41, 5.74) is 4.05. The Hall–Kier alpha value is -7.00. The number of ether oxygens (including phenoxy) is 4. The summed E-state index contributed by atoms with van der Waals surface area (Å²) >= 11 is 1.55. The Morgan fingerprint density at radius 3 is 2.03 bits per heavy atom. The number of thiophene rings is 1. The zero-order chi connectivity index (χ0) is 44.5. The van der Waals surface area contributed by atoms with Crippen molar-refractivity contribution in [2.75, 3.05) is 58.8 Å². The number of furan rings is 1. The molecule has 8 rings (SSSR count). The second-order valence-electron chi connectivity index (χ2n) is 14.6. The van der Waals surface area contributed by atoms with E-state index in [9.17, 15) is 19.2 Å². The van der Waals surface area contributed by atoms with Gasteiger partial charge >= 0.3 is 0 Å². The largest absolute Gasteiger partial charge is 0.497 e. The molecule has 14 heteroatoms. The molecular weight excluding hydrogens is 821 g/mol. The molecule has 63 heavy (non-hydrogen) atoms. The van der Waals surface area contributed by atoms with Gasteiger partial charge in [0.25, 0.3) is 17.4 Å². The van der Waals surface area contributed by atoms with Gasteiger partial charge in [0.05, 0.1) is 51.2 Å². The molecule has 2 N–H and O–H groups in total. The minimum absolute atomic E-state index is 0.0791. The van der Waals surface area contributed by atoms with Crippen molar-refractivity contribution in [2.45, 2.75) is 25.4 Å². The number of aromatic nitrogens is 1. The van der Waals surface area contributed by atoms with Crippen LogP contribution in [0.25, 0.3) is 22.2 Å². The van der Waals surface area contributed by atoms with Crippen molar-refractivity contribution in [2.24, 2.45) is 0 Å². The molecule has 0 fully saturated rings. The number of methoxy groups -OCH3 is 4. The van der Waals surface area contributed by atoms with Crippen molar-refractivity contribution < 1.29 is 37.7 Å². The molecule has 4 aromatic carbocycles. The number of fused-ring (bicyclic) bond motifs is 2. The van der Waals surface area contributed by atoms with E-state index in [1.807, 2.05) is 54.8 Å². The minimum atomic E-state index is -0.564. The predicted molar refractivity (Wildman–Crippen MR) is 244 cm³/mol. The number of benzene rings is 4. The highest BCUT2D eigenvalue weighted by molar-refractivity contribution is 7.10. The molecule has 2 atom stereocenters. The lowest BCUT2D eigenvalue weighted by Crippen LogP contribution is -2.47. The molecule has 3 aromatic heterocycles. The number of hydrogen-bond donors (Lipinski definition) is 2. The third-order valence-electron chi connectivity index (χ3n) is 10.8. The van der Waals surface area contributed by atoms with Crippen LogP contribution < -0.4 is 25.7 Å². The van der Waals surface area contributed by atoms with Gasteiger partial charge in [-0.15, -0.1) is 11.3 Å². The van der Waals surface area contributed by atoms with Gasteiger partial charge in [0.2, 0.25) is 5.91 Å². The molecule has 2 unspecified atom stereocenters. The van der Waals surface area contributed by atoms with Gasteiger partial charge in [0.15, 0.2) is 5.76 Å². The predicted octanol–water partition coefficient (Wildman–Crippen LogP) is 8.80. The molecule has 324 valence electrons. The van der Waals surface area contributed by atoms with Gasteiger partial charge in [-0.05, 0) is 78.0 Å². The second-order valence-corrected chi connectivity index (χ2v) is 15.5. The van der Waals surface area contributed by atoms with E-state index >= 15 is 0 Å². The monoisotopic (exact) mass is 868 g/mol. The molecule has 3 amide bonds. The molecule has 0 radical (unpaired) electrons. The third kappa shape index (κ3) is 9.43. The number of aryl methyl sites for hydroxylation is 1. The number of nitrogens with one attached hydrogen (secondary N) is 2. The van der Waals surface area contributed by atoms with Crippen LogP contribution >= 0.6 is 11.3 Å². The van der Waals surface area contributed by atoms with E-state index in [1.165, 1.54) is 10.8 Å². The van der Waals surface area contributed by atoms with E-state index in [1.54, 1.807) is 117 Å². The van der Waals surface area contributed by atoms with Crippen molar-refractivity contribution in [3.05, 3.63) is 164 Å². The first-order valence-electron chi connectivity index (χ1n) is 20.2. The van der Waals surface area contributed by atoms with Crippen molar-refractivity contribution in [1.29, 1.82) is 0 Å². The summed E-state index contributed by atoms with van der Waals surface area (Å²) in [6.45, 7) is 3.32. The number of pyridine rings is 1. The number of amides is 3. The Balaban J connectivity index is 0.000000189. The van der Waals surface area contributed by atoms with Gasteiger partial charge in [0, 0.05) is 72.0 Å². The maximum atomic E-state index is 13.8. The van der Waals surface area contributed by atoms with E-state index in [-0.39, 0.29) is 29.8 Å². The summed E-state index contributed by atoms with van der Waals surface area (Å²) < 4.78 is 28.2. The lowest BCUT2D eigenvalue weighted by atomic mass is 9.79. The molecule has 1 aliphatic heterocycles. The summed E-state index contributed by atoms with van der Waals surface area (Å²) in [4.78, 5) is 56.9. The molecule has 0 spiro atoms. The highest BCUT2D eigenvalue weighted by Crippen LogP contribution is 2.46. The Bertz CT molecular complexity index is 2770. The van der Waals surface area contributed by atoms with Crippen molar-refractivity contribution in [1.82, 2.24) is 9.47 Å². The summed E-state index contributed by atoms with van der Waals surface area (Å²) in [6.07, 6.45) is 1.51. The Labute approximate surface area is 368 Å². The molecule has 0 saturated heterocycles. The van der Waals surface area contributed by atoms with Crippen molar-refractivity contribution in [3.63, 3.8) is 0 Å². The lowest BCUT2D eigenvalue weighted by molar-refractivity contribution is -0.119. The summed E-state index contributed by atoms with van der Waals surface area (Å²) in [5, 5.41) is 8.95. The first-order valence-corrected chi connectivity index (χ1v) is 21.1. The highest BCUT2D eigenvalue weighted by atomic mass is 32.1. The Kier molecular flexibility index (Phi) is 14.2. The van der Waals surface area contributed by atoms with Gasteiger partial charge in [-0.25, -0.2) is 0 Å². The number of carbonyl (C=O) groups excluding carboxylic acids is 3. The van der Waals surface area contributed by atoms with E-state index in [2.05, 4.69) is 10.6 Å². The maximum absolute atomic E-state index is 13.8. The number of carbonyl (C=O) groups is 3. The van der Waals surface area contributed by atoms with E-state index in [0.29, 0.717) is 76.0 Å². The number of hydrogen-bond acceptors (Lipinski definition) is 10. The fraction of sp³-hybridized carbons (Fsp3) is 0.224. The fourth-order valence-corrected chi connectivity index (χ4v) is 8.76. The van der Waals surface area contributed by atoms with Gasteiger partial charge in [-0.3, -0.25) is 19.2 Å². The molecule has 0 aliphatic carbocycles. The fourth-order valence-electron chi connectivity index (χ4n) is 7.89. The number of anilines is 2. The zero-order valence-corrected chi connectivity index (χ0v) is 36.4. The lowest BCUT2D eigenvalue weighted by Gasteiger charge is -2.41. The zero-order valence-electron chi connectivity index (χ0n) is 35.6. The van der Waals surface area contributed by atoms with Crippen LogP contribution in [0.4, 0.5) is 11.4 Å². The molecule has 4 heterocycles. The molecular formula is C49H48N4O9S. The Morgan fingerprint density at radius 2 is 1.40 bits per heavy atom. The normalized spacial score (nSPS) is 14.4. The van der Waals surface area contributed by atoms with Crippen LogP contribution in [0.15, 0.2) is 136 Å². The SMILES string of the molecule is COCCN1C(=O)c2cccc(C)c2C(C(=O)Nc2cccc(OC)c2)C1c1cccs1.COCCn1c(-c2ccco2)c(C(=O)Nc2cccc(OC)c2)c2ccccc2c1=O. The topological polar surface area (TPSA) is 151 Å². The van der Waals surface area contributed by atoms with Crippen molar-refractivity contribution >= 4 is 51.2 Å². The van der Waals surface area contributed by atoms with Gasteiger partial charge in [0.1, 0.15) is 17.2 Å². The van der Waals surface area contributed by atoms with Crippen LogP contribution in [0.5, 0.6) is 11.5 Å². The Morgan fingerprint density at radius 1 is 0.730 bits per heavy atom. The summed E-state index contributed by atoms with van der Waals surface area (Å²) in [5.74, 6) is 0.544. The van der Waals surface area contributed by atoms with E-state index in [0.717, 1.165) is 16.0 Å². The average Bonchev–Trinajstić information content (AvgIpc) is 4.05. The average molecular weight is 869 g/mol. The van der Waals surface area contributed by atoms with E-state index < -0.39 is 12.0 Å².